The predicted octanol–water partition coefficient (Wildman–Crippen LogP) is 4.55. The molecule has 1 atom stereocenters. The van der Waals surface area contributed by atoms with Crippen LogP contribution in [0.1, 0.15) is 31.9 Å². The molecule has 1 aliphatic rings. The number of hydrogen-bond acceptors (Lipinski definition) is 2. The van der Waals surface area contributed by atoms with Crippen molar-refractivity contribution in [2.45, 2.75) is 26.3 Å². The summed E-state index contributed by atoms with van der Waals surface area (Å²) in [4.78, 5) is 2.30. The summed E-state index contributed by atoms with van der Waals surface area (Å²) < 4.78 is 14.5. The first-order chi connectivity index (χ1) is 9.50. The van der Waals surface area contributed by atoms with Crippen molar-refractivity contribution >= 4 is 35.6 Å². The molecule has 0 aromatic heterocycles. The highest BCUT2D eigenvalue weighted by Crippen LogP contribution is 2.37. The van der Waals surface area contributed by atoms with Crippen LogP contribution in [-0.4, -0.2) is 31.1 Å². The van der Waals surface area contributed by atoms with Crippen LogP contribution < -0.4 is 5.32 Å². The van der Waals surface area contributed by atoms with Gasteiger partial charge in [-0.2, -0.15) is 0 Å². The zero-order valence-corrected chi connectivity index (χ0v) is 14.7. The summed E-state index contributed by atoms with van der Waals surface area (Å²) in [6.07, 6.45) is 0.872. The van der Waals surface area contributed by atoms with Crippen LogP contribution >= 0.6 is 35.6 Å². The zero-order chi connectivity index (χ0) is 14.7. The van der Waals surface area contributed by atoms with Crippen LogP contribution in [0.4, 0.5) is 4.39 Å². The van der Waals surface area contributed by atoms with Gasteiger partial charge in [-0.1, -0.05) is 37.0 Å². The molecule has 120 valence electrons. The standard InChI is InChI=1S/C15H21Cl2FN2.ClH/c1-10(2)9-13(20-7-5-19-6-8-20)14-11(16)3-4-12(17)15(14)18;/h3-4,10,13,19H,5-9H2,1-2H3;1H/t13-;/m0./s1. The molecule has 0 saturated carbocycles. The molecule has 1 aliphatic heterocycles. The molecule has 0 aliphatic carbocycles. The molecule has 21 heavy (non-hydrogen) atoms. The van der Waals surface area contributed by atoms with Crippen molar-refractivity contribution < 1.29 is 4.39 Å². The van der Waals surface area contributed by atoms with Gasteiger partial charge >= 0.3 is 0 Å². The first kappa shape index (κ1) is 19.0. The smallest absolute Gasteiger partial charge is 0.148 e. The van der Waals surface area contributed by atoms with E-state index in [2.05, 4.69) is 24.1 Å². The molecule has 1 heterocycles. The van der Waals surface area contributed by atoms with E-state index in [9.17, 15) is 4.39 Å². The third-order valence-electron chi connectivity index (χ3n) is 3.70. The van der Waals surface area contributed by atoms with Crippen LogP contribution in [0.25, 0.3) is 0 Å². The van der Waals surface area contributed by atoms with E-state index < -0.39 is 0 Å². The molecular formula is C15H22Cl3FN2. The molecule has 6 heteroatoms. The van der Waals surface area contributed by atoms with E-state index in [1.54, 1.807) is 6.07 Å². The number of halogens is 4. The molecule has 1 N–H and O–H groups in total. The van der Waals surface area contributed by atoms with Crippen LogP contribution in [0, 0.1) is 11.7 Å². The van der Waals surface area contributed by atoms with Gasteiger partial charge in [0.05, 0.1) is 5.02 Å². The highest BCUT2D eigenvalue weighted by atomic mass is 35.5. The summed E-state index contributed by atoms with van der Waals surface area (Å²) in [5.41, 5.74) is 0.551. The quantitative estimate of drug-likeness (QED) is 0.797. The number of nitrogens with zero attached hydrogens (tertiary/aromatic N) is 1. The van der Waals surface area contributed by atoms with E-state index in [0.29, 0.717) is 16.5 Å². The zero-order valence-electron chi connectivity index (χ0n) is 12.3. The third kappa shape index (κ3) is 4.70. The van der Waals surface area contributed by atoms with Crippen LogP contribution in [0.15, 0.2) is 12.1 Å². The van der Waals surface area contributed by atoms with E-state index in [1.165, 1.54) is 6.07 Å². The molecule has 1 saturated heterocycles. The van der Waals surface area contributed by atoms with Crippen LogP contribution in [0.2, 0.25) is 10.0 Å². The fourth-order valence-corrected chi connectivity index (χ4v) is 3.17. The van der Waals surface area contributed by atoms with Gasteiger partial charge in [0, 0.05) is 42.8 Å². The Morgan fingerprint density at radius 2 is 1.76 bits per heavy atom. The molecule has 1 aromatic rings. The number of hydrogen-bond donors (Lipinski definition) is 1. The fourth-order valence-electron chi connectivity index (χ4n) is 2.74. The Morgan fingerprint density at radius 3 is 2.33 bits per heavy atom. The maximum Gasteiger partial charge on any atom is 0.148 e. The lowest BCUT2D eigenvalue weighted by molar-refractivity contribution is 0.151. The topological polar surface area (TPSA) is 15.3 Å². The lowest BCUT2D eigenvalue weighted by Gasteiger charge is -2.36. The second-order valence-corrected chi connectivity index (χ2v) is 6.50. The molecule has 2 rings (SSSR count). The van der Waals surface area contributed by atoms with Gasteiger partial charge in [0.25, 0.3) is 0 Å². The van der Waals surface area contributed by atoms with E-state index in [4.69, 9.17) is 23.2 Å². The average molecular weight is 356 g/mol. The molecule has 0 unspecified atom stereocenters. The van der Waals surface area contributed by atoms with E-state index in [-0.39, 0.29) is 29.3 Å². The van der Waals surface area contributed by atoms with Gasteiger partial charge in [-0.3, -0.25) is 4.90 Å². The second-order valence-electron chi connectivity index (χ2n) is 5.69. The van der Waals surface area contributed by atoms with Crippen molar-refractivity contribution in [2.24, 2.45) is 5.92 Å². The van der Waals surface area contributed by atoms with Gasteiger partial charge in [0.2, 0.25) is 0 Å². The van der Waals surface area contributed by atoms with E-state index >= 15 is 0 Å². The SMILES string of the molecule is CC(C)C[C@@H](c1c(Cl)ccc(Cl)c1F)N1CCNCC1.Cl. The van der Waals surface area contributed by atoms with Gasteiger partial charge in [-0.25, -0.2) is 4.39 Å². The Labute approximate surface area is 142 Å². The predicted molar refractivity (Wildman–Crippen MR) is 90.3 cm³/mol. The summed E-state index contributed by atoms with van der Waals surface area (Å²) in [7, 11) is 0. The van der Waals surface area contributed by atoms with E-state index in [1.807, 2.05) is 0 Å². The van der Waals surface area contributed by atoms with Gasteiger partial charge in [0.1, 0.15) is 5.82 Å². The molecule has 0 amide bonds. The van der Waals surface area contributed by atoms with Crippen molar-refractivity contribution in [1.29, 1.82) is 0 Å². The van der Waals surface area contributed by atoms with Crippen LogP contribution in [0.5, 0.6) is 0 Å². The summed E-state index contributed by atoms with van der Waals surface area (Å²) in [6, 6.07) is 3.20. The molecular weight excluding hydrogens is 334 g/mol. The lowest BCUT2D eigenvalue weighted by Crippen LogP contribution is -2.45. The number of rotatable bonds is 4. The lowest BCUT2D eigenvalue weighted by atomic mass is 9.94. The Balaban J connectivity index is 0.00000220. The number of piperazine rings is 1. The second kappa shape index (κ2) is 8.54. The minimum atomic E-state index is -0.372. The van der Waals surface area contributed by atoms with Crippen LogP contribution in [0.3, 0.4) is 0 Å². The molecule has 0 spiro atoms. The normalized spacial score (nSPS) is 17.6. The maximum atomic E-state index is 14.5. The minimum absolute atomic E-state index is 0. The first-order valence-corrected chi connectivity index (χ1v) is 7.84. The number of nitrogens with one attached hydrogen (secondary N) is 1. The molecule has 1 aromatic carbocycles. The van der Waals surface area contributed by atoms with Crippen molar-refractivity contribution in [2.75, 3.05) is 26.2 Å². The summed E-state index contributed by atoms with van der Waals surface area (Å²) in [5.74, 6) is 0.0904. The Morgan fingerprint density at radius 1 is 1.19 bits per heavy atom. The van der Waals surface area contributed by atoms with Crippen molar-refractivity contribution in [3.8, 4) is 0 Å². The third-order valence-corrected chi connectivity index (χ3v) is 4.32. The van der Waals surface area contributed by atoms with Gasteiger partial charge in [-0.15, -0.1) is 12.4 Å². The largest absolute Gasteiger partial charge is 0.314 e. The van der Waals surface area contributed by atoms with Crippen molar-refractivity contribution in [3.63, 3.8) is 0 Å². The molecule has 2 nitrogen and oxygen atoms in total. The van der Waals surface area contributed by atoms with Gasteiger partial charge < -0.3 is 5.32 Å². The van der Waals surface area contributed by atoms with Gasteiger partial charge in [0.15, 0.2) is 0 Å². The Hall–Kier alpha value is -0.0600. The van der Waals surface area contributed by atoms with E-state index in [0.717, 1.165) is 32.6 Å². The highest BCUT2D eigenvalue weighted by molar-refractivity contribution is 6.33. The molecule has 0 bridgehead atoms. The average Bonchev–Trinajstić information content (AvgIpc) is 2.43. The van der Waals surface area contributed by atoms with Gasteiger partial charge in [-0.05, 0) is 24.5 Å². The minimum Gasteiger partial charge on any atom is -0.314 e. The summed E-state index contributed by atoms with van der Waals surface area (Å²) in [5, 5.41) is 3.94. The Bertz CT molecular complexity index is 462. The van der Waals surface area contributed by atoms with Crippen LogP contribution in [-0.2, 0) is 0 Å². The van der Waals surface area contributed by atoms with Crippen molar-refractivity contribution in [3.05, 3.63) is 33.6 Å². The first-order valence-electron chi connectivity index (χ1n) is 7.09. The van der Waals surface area contributed by atoms with Crippen molar-refractivity contribution in [1.82, 2.24) is 10.2 Å². The fraction of sp³-hybridized carbons (Fsp3) is 0.600. The maximum absolute atomic E-state index is 14.5. The number of benzene rings is 1. The molecule has 1 fully saturated rings. The molecule has 0 radical (unpaired) electrons. The summed E-state index contributed by atoms with van der Waals surface area (Å²) >= 11 is 12.2. The monoisotopic (exact) mass is 354 g/mol. The summed E-state index contributed by atoms with van der Waals surface area (Å²) in [6.45, 7) is 7.94. The Kier molecular flexibility index (Phi) is 7.72. The highest BCUT2D eigenvalue weighted by Gasteiger charge is 2.28.